The van der Waals surface area contributed by atoms with Gasteiger partial charge in [0.15, 0.2) is 11.0 Å². The van der Waals surface area contributed by atoms with Gasteiger partial charge < -0.3 is 10.1 Å². The first-order valence-corrected chi connectivity index (χ1v) is 3.91. The van der Waals surface area contributed by atoms with Gasteiger partial charge in [0.25, 0.3) is 0 Å². The molecule has 0 fully saturated rings. The lowest BCUT2D eigenvalue weighted by Crippen LogP contribution is -2.09. The third-order valence-electron chi connectivity index (χ3n) is 1.25. The maximum Gasteiger partial charge on any atom is 0.171 e. The van der Waals surface area contributed by atoms with Gasteiger partial charge in [-0.05, 0) is 0 Å². The molecule has 5 heteroatoms. The number of hydrogen-bond acceptors (Lipinski definition) is 4. The molecule has 0 amide bonds. The minimum atomic E-state index is 0.383. The van der Waals surface area contributed by atoms with Crippen LogP contribution in [0.4, 0.5) is 5.82 Å². The Kier molecular flexibility index (Phi) is 3.76. The molecule has 1 aromatic rings. The summed E-state index contributed by atoms with van der Waals surface area (Å²) in [6, 6.07) is 0. The van der Waals surface area contributed by atoms with Crippen LogP contribution in [-0.2, 0) is 4.74 Å². The van der Waals surface area contributed by atoms with Crippen molar-refractivity contribution in [2.75, 3.05) is 25.6 Å². The Hall–Kier alpha value is -0.870. The van der Waals surface area contributed by atoms with Gasteiger partial charge in [-0.2, -0.15) is 0 Å². The van der Waals surface area contributed by atoms with Gasteiger partial charge in [-0.25, -0.2) is 9.97 Å². The quantitative estimate of drug-likeness (QED) is 0.720. The molecule has 0 spiro atoms. The molecule has 0 saturated carbocycles. The molecule has 4 nitrogen and oxygen atoms in total. The number of anilines is 1. The summed E-state index contributed by atoms with van der Waals surface area (Å²) in [5.74, 6) is 0.594. The number of methoxy groups -OCH3 is 1. The van der Waals surface area contributed by atoms with E-state index in [0.717, 1.165) is 0 Å². The van der Waals surface area contributed by atoms with Gasteiger partial charge in [-0.15, -0.1) is 0 Å². The zero-order valence-corrected chi connectivity index (χ0v) is 7.51. The second-order valence-corrected chi connectivity index (χ2v) is 2.47. The molecule has 0 saturated heterocycles. The molecule has 1 N–H and O–H groups in total. The van der Waals surface area contributed by atoms with E-state index in [1.54, 1.807) is 19.5 Å². The van der Waals surface area contributed by atoms with Crippen LogP contribution in [0.15, 0.2) is 12.4 Å². The molecule has 0 aromatic carbocycles. The second kappa shape index (κ2) is 4.90. The Morgan fingerprint density at radius 2 is 2.25 bits per heavy atom. The maximum atomic E-state index is 5.73. The first-order valence-electron chi connectivity index (χ1n) is 3.54. The highest BCUT2D eigenvalue weighted by molar-refractivity contribution is 6.31. The van der Waals surface area contributed by atoms with Crippen LogP contribution in [0.1, 0.15) is 0 Å². The van der Waals surface area contributed by atoms with Gasteiger partial charge in [0.1, 0.15) is 0 Å². The molecule has 1 heterocycles. The van der Waals surface area contributed by atoms with E-state index >= 15 is 0 Å². The van der Waals surface area contributed by atoms with E-state index in [-0.39, 0.29) is 0 Å². The van der Waals surface area contributed by atoms with Crippen LogP contribution in [0.25, 0.3) is 0 Å². The first kappa shape index (κ1) is 9.22. The lowest BCUT2D eigenvalue weighted by atomic mass is 10.6. The Morgan fingerprint density at radius 3 is 2.92 bits per heavy atom. The van der Waals surface area contributed by atoms with Crippen LogP contribution in [0.2, 0.25) is 5.15 Å². The molecule has 12 heavy (non-hydrogen) atoms. The average Bonchev–Trinajstić information content (AvgIpc) is 2.09. The molecular formula is C7H10ClN3O. The Labute approximate surface area is 75.9 Å². The van der Waals surface area contributed by atoms with Crippen molar-refractivity contribution in [1.29, 1.82) is 0 Å². The zero-order valence-electron chi connectivity index (χ0n) is 6.75. The Morgan fingerprint density at radius 1 is 1.50 bits per heavy atom. The summed E-state index contributed by atoms with van der Waals surface area (Å²) in [4.78, 5) is 7.85. The van der Waals surface area contributed by atoms with E-state index < -0.39 is 0 Å². The molecular weight excluding hydrogens is 178 g/mol. The number of ether oxygens (including phenoxy) is 1. The number of halogens is 1. The Bertz CT molecular complexity index is 244. The van der Waals surface area contributed by atoms with Crippen molar-refractivity contribution in [2.45, 2.75) is 0 Å². The number of hydrogen-bond donors (Lipinski definition) is 1. The van der Waals surface area contributed by atoms with Crippen LogP contribution in [0.5, 0.6) is 0 Å². The molecule has 0 radical (unpaired) electrons. The minimum absolute atomic E-state index is 0.383. The lowest BCUT2D eigenvalue weighted by molar-refractivity contribution is 0.210. The van der Waals surface area contributed by atoms with Crippen LogP contribution in [0.3, 0.4) is 0 Å². The van der Waals surface area contributed by atoms with Gasteiger partial charge in [-0.3, -0.25) is 0 Å². The molecule has 1 aromatic heterocycles. The summed E-state index contributed by atoms with van der Waals surface area (Å²) in [6.45, 7) is 1.29. The van der Waals surface area contributed by atoms with E-state index in [1.807, 2.05) is 0 Å². The van der Waals surface area contributed by atoms with Crippen LogP contribution < -0.4 is 5.32 Å². The number of rotatable bonds is 4. The van der Waals surface area contributed by atoms with Gasteiger partial charge in [0, 0.05) is 26.0 Å². The van der Waals surface area contributed by atoms with Gasteiger partial charge in [0.2, 0.25) is 0 Å². The molecule has 0 unspecified atom stereocenters. The molecule has 0 aliphatic carbocycles. The van der Waals surface area contributed by atoms with Crippen LogP contribution >= 0.6 is 11.6 Å². The standard InChI is InChI=1S/C7H10ClN3O/c1-12-5-4-11-7-6(8)9-2-3-10-7/h2-3H,4-5H2,1H3,(H,10,11). The van der Waals surface area contributed by atoms with Gasteiger partial charge in [0.05, 0.1) is 6.61 Å². The molecule has 0 aliphatic rings. The zero-order chi connectivity index (χ0) is 8.81. The lowest BCUT2D eigenvalue weighted by Gasteiger charge is -2.04. The Balaban J connectivity index is 2.46. The number of nitrogens with zero attached hydrogens (tertiary/aromatic N) is 2. The highest BCUT2D eigenvalue weighted by Crippen LogP contribution is 2.12. The van der Waals surface area contributed by atoms with Crippen molar-refractivity contribution in [3.8, 4) is 0 Å². The van der Waals surface area contributed by atoms with Crippen LogP contribution in [0, 0.1) is 0 Å². The average molecular weight is 188 g/mol. The monoisotopic (exact) mass is 187 g/mol. The molecule has 0 aliphatic heterocycles. The summed E-state index contributed by atoms with van der Waals surface area (Å²) in [7, 11) is 1.64. The first-order chi connectivity index (χ1) is 5.84. The van der Waals surface area contributed by atoms with E-state index in [1.165, 1.54) is 0 Å². The normalized spacial score (nSPS) is 9.83. The fourth-order valence-electron chi connectivity index (χ4n) is 0.711. The van der Waals surface area contributed by atoms with E-state index in [0.29, 0.717) is 24.1 Å². The van der Waals surface area contributed by atoms with Gasteiger partial charge in [-0.1, -0.05) is 11.6 Å². The summed E-state index contributed by atoms with van der Waals surface area (Å²) < 4.78 is 4.85. The molecule has 1 rings (SSSR count). The highest BCUT2D eigenvalue weighted by Gasteiger charge is 1.98. The summed E-state index contributed by atoms with van der Waals surface area (Å²) in [5.41, 5.74) is 0. The smallest absolute Gasteiger partial charge is 0.171 e. The topological polar surface area (TPSA) is 47.0 Å². The van der Waals surface area contributed by atoms with Crippen molar-refractivity contribution in [1.82, 2.24) is 9.97 Å². The fourth-order valence-corrected chi connectivity index (χ4v) is 0.883. The number of nitrogens with one attached hydrogen (secondary N) is 1. The second-order valence-electron chi connectivity index (χ2n) is 2.12. The maximum absolute atomic E-state index is 5.73. The van der Waals surface area contributed by atoms with Crippen molar-refractivity contribution in [2.24, 2.45) is 0 Å². The van der Waals surface area contributed by atoms with E-state index in [9.17, 15) is 0 Å². The predicted octanol–water partition coefficient (Wildman–Crippen LogP) is 1.19. The van der Waals surface area contributed by atoms with E-state index in [4.69, 9.17) is 16.3 Å². The fraction of sp³-hybridized carbons (Fsp3) is 0.429. The van der Waals surface area contributed by atoms with Crippen molar-refractivity contribution in [3.05, 3.63) is 17.5 Å². The molecule has 0 bridgehead atoms. The third kappa shape index (κ3) is 2.64. The van der Waals surface area contributed by atoms with Gasteiger partial charge >= 0.3 is 0 Å². The summed E-state index contributed by atoms with van der Waals surface area (Å²) in [6.07, 6.45) is 3.13. The van der Waals surface area contributed by atoms with Crippen molar-refractivity contribution in [3.63, 3.8) is 0 Å². The van der Waals surface area contributed by atoms with Crippen molar-refractivity contribution >= 4 is 17.4 Å². The van der Waals surface area contributed by atoms with Crippen molar-refractivity contribution < 1.29 is 4.74 Å². The summed E-state index contributed by atoms with van der Waals surface area (Å²) >= 11 is 5.73. The predicted molar refractivity (Wildman–Crippen MR) is 47.4 cm³/mol. The number of aromatic nitrogens is 2. The largest absolute Gasteiger partial charge is 0.383 e. The SMILES string of the molecule is COCCNc1nccnc1Cl. The van der Waals surface area contributed by atoms with Crippen LogP contribution in [-0.4, -0.2) is 30.2 Å². The summed E-state index contributed by atoms with van der Waals surface area (Å²) in [5, 5.41) is 3.37. The highest BCUT2D eigenvalue weighted by atomic mass is 35.5. The minimum Gasteiger partial charge on any atom is -0.383 e. The van der Waals surface area contributed by atoms with E-state index in [2.05, 4.69) is 15.3 Å². The molecule has 66 valence electrons. The molecule has 0 atom stereocenters. The third-order valence-corrected chi connectivity index (χ3v) is 1.53.